The molecule has 7 rings (SSSR count). The van der Waals surface area contributed by atoms with Crippen molar-refractivity contribution in [3.8, 4) is 12.1 Å². The quantitative estimate of drug-likeness (QED) is 0.0683. The fourth-order valence-corrected chi connectivity index (χ4v) is 11.4. The Morgan fingerprint density at radius 2 is 0.800 bits per heavy atom. The van der Waals surface area contributed by atoms with Gasteiger partial charge < -0.3 is 38.5 Å². The Morgan fingerprint density at radius 3 is 1.14 bits per heavy atom. The van der Waals surface area contributed by atoms with Gasteiger partial charge in [0.1, 0.15) is 42.0 Å². The summed E-state index contributed by atoms with van der Waals surface area (Å²) >= 11 is 0. The number of aromatic nitrogens is 4. The van der Waals surface area contributed by atoms with Gasteiger partial charge in [0, 0.05) is 64.6 Å². The minimum atomic E-state index is -1.61. The Labute approximate surface area is 529 Å². The predicted molar refractivity (Wildman–Crippen MR) is 331 cm³/mol. The molecule has 4 aromatic rings. The maximum atomic E-state index is 15.2. The lowest BCUT2D eigenvalue weighted by atomic mass is 9.99. The maximum Gasteiger partial charge on any atom is 0.329 e. The number of cyclic esters (lactones) is 4. The normalized spacial score (nSPS) is 23.5. The van der Waals surface area contributed by atoms with E-state index in [-0.39, 0.29) is 80.1 Å². The van der Waals surface area contributed by atoms with Crippen molar-refractivity contribution in [1.29, 1.82) is 10.5 Å². The molecule has 8 atom stereocenters. The van der Waals surface area contributed by atoms with Gasteiger partial charge in [0.15, 0.2) is 30.1 Å². The van der Waals surface area contributed by atoms with E-state index in [0.29, 0.717) is 35.1 Å². The number of hydrogen-bond donors (Lipinski definition) is 0. The third-order valence-electron chi connectivity index (χ3n) is 16.9. The summed E-state index contributed by atoms with van der Waals surface area (Å²) in [6.07, 6.45) is -1.78. The lowest BCUT2D eigenvalue weighted by Crippen LogP contribution is -2.55. The van der Waals surface area contributed by atoms with E-state index in [0.717, 1.165) is 51.6 Å². The first kappa shape index (κ1) is 69.1. The number of amides is 4. The molecule has 1 saturated heterocycles. The van der Waals surface area contributed by atoms with E-state index in [1.165, 1.54) is 63.4 Å². The summed E-state index contributed by atoms with van der Waals surface area (Å²) in [7, 11) is 5.52. The van der Waals surface area contributed by atoms with Crippen LogP contribution in [0, 0.1) is 46.3 Å². The third-order valence-corrected chi connectivity index (χ3v) is 16.9. The van der Waals surface area contributed by atoms with Crippen LogP contribution in [0.25, 0.3) is 0 Å². The average Bonchev–Trinajstić information content (AvgIpc) is 1.66. The number of hydrogen-bond acceptors (Lipinski definition) is 16. The van der Waals surface area contributed by atoms with Crippen LogP contribution in [0.4, 0.5) is 0 Å². The number of carbonyl (C=O) groups is 8. The molecule has 3 aliphatic rings. The van der Waals surface area contributed by atoms with Gasteiger partial charge in [-0.3, -0.25) is 23.9 Å². The van der Waals surface area contributed by atoms with Crippen molar-refractivity contribution >= 4 is 47.5 Å². The fourth-order valence-electron chi connectivity index (χ4n) is 11.4. The fraction of sp³-hybridized carbons (Fsp3) is 0.588. The van der Waals surface area contributed by atoms with Gasteiger partial charge in [0.25, 0.3) is 23.6 Å². The van der Waals surface area contributed by atoms with Crippen molar-refractivity contribution in [3.63, 3.8) is 0 Å². The van der Waals surface area contributed by atoms with Crippen molar-refractivity contribution < 1.29 is 57.3 Å². The number of ether oxygens (including phenoxy) is 4. The summed E-state index contributed by atoms with van der Waals surface area (Å²) < 4.78 is 27.8. The van der Waals surface area contributed by atoms with Crippen molar-refractivity contribution in [2.24, 2.45) is 23.7 Å². The summed E-state index contributed by atoms with van der Waals surface area (Å²) in [6.45, 7) is 18.1. The van der Waals surface area contributed by atoms with Gasteiger partial charge in [-0.15, -0.1) is 0 Å². The smallest absolute Gasteiger partial charge is 0.329 e. The zero-order valence-electron chi connectivity index (χ0n) is 54.7. The van der Waals surface area contributed by atoms with E-state index >= 15 is 9.59 Å². The molecule has 0 radical (unpaired) electrons. The molecule has 3 fully saturated rings. The first-order valence-electron chi connectivity index (χ1n) is 31.6. The average molecular weight is 1240 g/mol. The molecule has 0 unspecified atom stereocenters. The molecular weight excluding hydrogens is 1150 g/mol. The van der Waals surface area contributed by atoms with E-state index in [1.54, 1.807) is 24.3 Å². The van der Waals surface area contributed by atoms with Gasteiger partial charge in [0.2, 0.25) is 0 Å². The molecule has 1 aliphatic heterocycles. The summed E-state index contributed by atoms with van der Waals surface area (Å²) in [5.41, 5.74) is 5.42. The van der Waals surface area contributed by atoms with Gasteiger partial charge in [-0.05, 0) is 117 Å². The van der Waals surface area contributed by atoms with Crippen LogP contribution in [0.3, 0.4) is 0 Å². The number of likely N-dealkylation sites (N-methyl/N-ethyl adjacent to an activating group) is 4. The second-order valence-electron chi connectivity index (χ2n) is 26.4. The maximum absolute atomic E-state index is 15.2. The molecule has 0 spiro atoms. The monoisotopic (exact) mass is 1240 g/mol. The Balaban J connectivity index is 1.24. The molecule has 3 heterocycles. The lowest BCUT2D eigenvalue weighted by Gasteiger charge is -2.35. The highest BCUT2D eigenvalue weighted by molar-refractivity contribution is 5.94. The zero-order chi connectivity index (χ0) is 66.0. The summed E-state index contributed by atoms with van der Waals surface area (Å²) in [5.74, 6) is -6.75. The van der Waals surface area contributed by atoms with Crippen LogP contribution in [0.5, 0.6) is 0 Å². The molecular formula is C68H90N10O12. The number of esters is 4. The van der Waals surface area contributed by atoms with Gasteiger partial charge in [-0.2, -0.15) is 20.7 Å². The summed E-state index contributed by atoms with van der Waals surface area (Å²) in [6, 6.07) is 16.8. The molecule has 2 saturated carbocycles. The first-order chi connectivity index (χ1) is 42.6. The molecule has 22 heteroatoms. The summed E-state index contributed by atoms with van der Waals surface area (Å²) in [5, 5.41) is 28.2. The van der Waals surface area contributed by atoms with E-state index in [4.69, 9.17) is 24.0 Å². The number of benzene rings is 2. The van der Waals surface area contributed by atoms with Crippen LogP contribution in [0.15, 0.2) is 60.7 Å². The van der Waals surface area contributed by atoms with Crippen LogP contribution in [-0.4, -0.2) is 163 Å². The Morgan fingerprint density at radius 1 is 0.456 bits per heavy atom. The van der Waals surface area contributed by atoms with Crippen molar-refractivity contribution in [3.05, 3.63) is 106 Å². The highest BCUT2D eigenvalue weighted by Crippen LogP contribution is 2.45. The molecule has 2 aliphatic carbocycles. The van der Waals surface area contributed by atoms with E-state index in [2.05, 4.69) is 15.8 Å². The molecule has 484 valence electrons. The molecule has 4 amide bonds. The topological polar surface area (TPSA) is 270 Å². The molecule has 22 nitrogen and oxygen atoms in total. The van der Waals surface area contributed by atoms with Crippen molar-refractivity contribution in [2.45, 2.75) is 207 Å². The standard InChI is InChI=1S/C68H90N10O12/c1-39(2)27-55-65(83)87-44(10)62(80)74(12)58(30-42(7)8)68(86)90-60(32-46-17-21-48(22-18-46)38-78-54(50-25-26-50)34-53(72-78)49-23-24-49)64(82)76(14)56(28-40(3)4)66(84)88-43(9)61(79)73(11)57(29-41(5)6)67(85)89-59(63(81)75(55)13)31-45-15-19-47(20-16-45)37-77-52(36-70)33-51(35-69)71-77/h15-22,33-34,39-44,49-50,55-60H,23-32,37-38H2,1-14H3/t43-,44-,55+,56+,57+,58+,59-,60-/m1/s1. The first-order valence-corrected chi connectivity index (χ1v) is 31.6. The molecule has 0 bridgehead atoms. The number of nitriles is 2. The molecule has 2 aromatic carbocycles. The molecule has 2 aromatic heterocycles. The third kappa shape index (κ3) is 17.9. The largest absolute Gasteiger partial charge is 0.451 e. The molecule has 90 heavy (non-hydrogen) atoms. The van der Waals surface area contributed by atoms with Crippen LogP contribution in [0.2, 0.25) is 0 Å². The highest BCUT2D eigenvalue weighted by Gasteiger charge is 2.43. The minimum absolute atomic E-state index is 0.0441. The SMILES string of the molecule is CC(C)C[C@H]1C(=O)O[C@H](Cc2ccc(Cn3nc(C4CC4)cc3C3CC3)cc2)C(=O)N(C)[C@@H](CC(C)C)C(=O)O[C@H](C)C(=O)N(C)[C@@H](CC(C)C)C(=O)O[C@H](Cc2ccc(Cn3nc(C#N)cc3C#N)cc2)C(=O)N(C)[C@@H](CC(C)C)C(=O)O[C@H](C)C(=O)N1C. The predicted octanol–water partition coefficient (Wildman–Crippen LogP) is 7.65. The highest BCUT2D eigenvalue weighted by atomic mass is 16.6. The van der Waals surface area contributed by atoms with Crippen LogP contribution in [-0.2, 0) is 83.2 Å². The van der Waals surface area contributed by atoms with Gasteiger partial charge in [0.05, 0.1) is 18.8 Å². The second-order valence-corrected chi connectivity index (χ2v) is 26.4. The second kappa shape index (κ2) is 30.4. The number of rotatable bonds is 18. The number of carbonyl (C=O) groups excluding carboxylic acids is 8. The van der Waals surface area contributed by atoms with Crippen molar-refractivity contribution in [1.82, 2.24) is 39.2 Å². The Kier molecular flexibility index (Phi) is 23.3. The molecule has 0 N–H and O–H groups in total. The van der Waals surface area contributed by atoms with Gasteiger partial charge >= 0.3 is 23.9 Å². The van der Waals surface area contributed by atoms with E-state index in [9.17, 15) is 39.3 Å². The van der Waals surface area contributed by atoms with Crippen molar-refractivity contribution in [2.75, 3.05) is 28.2 Å². The van der Waals surface area contributed by atoms with Gasteiger partial charge in [-0.1, -0.05) is 104 Å². The van der Waals surface area contributed by atoms with Crippen LogP contribution >= 0.6 is 0 Å². The Bertz CT molecular complexity index is 3300. The van der Waals surface area contributed by atoms with E-state index < -0.39 is 96.1 Å². The zero-order valence-corrected chi connectivity index (χ0v) is 54.7. The lowest BCUT2D eigenvalue weighted by molar-refractivity contribution is -0.176. The van der Waals surface area contributed by atoms with Gasteiger partial charge in [-0.25, -0.2) is 23.9 Å². The Hall–Kier alpha value is -8.40. The van der Waals surface area contributed by atoms with E-state index in [1.807, 2.05) is 91.8 Å². The van der Waals surface area contributed by atoms with Crippen LogP contribution < -0.4 is 0 Å². The number of nitrogens with zero attached hydrogens (tertiary/aromatic N) is 10. The van der Waals surface area contributed by atoms with Crippen LogP contribution in [0.1, 0.15) is 177 Å². The summed E-state index contributed by atoms with van der Waals surface area (Å²) in [4.78, 5) is 123. The minimum Gasteiger partial charge on any atom is -0.451 e.